The molecule has 1 saturated heterocycles. The van der Waals surface area contributed by atoms with Crippen molar-refractivity contribution < 1.29 is 9.53 Å². The van der Waals surface area contributed by atoms with Crippen molar-refractivity contribution in [3.05, 3.63) is 0 Å². The molecule has 1 fully saturated rings. The molecular weight excluding hydrogens is 168 g/mol. The van der Waals surface area contributed by atoms with Crippen LogP contribution in [0.15, 0.2) is 0 Å². The van der Waals surface area contributed by atoms with Crippen molar-refractivity contribution in [2.45, 2.75) is 25.8 Å². The second kappa shape index (κ2) is 5.94. The zero-order chi connectivity index (χ0) is 9.52. The van der Waals surface area contributed by atoms with Crippen LogP contribution in [0.4, 0.5) is 0 Å². The molecule has 0 amide bonds. The lowest BCUT2D eigenvalue weighted by atomic mass is 10.2. The monoisotopic (exact) mass is 185 g/mol. The van der Waals surface area contributed by atoms with Crippen LogP contribution in [0.5, 0.6) is 0 Å². The van der Waals surface area contributed by atoms with Crippen LogP contribution < -0.4 is 10.6 Å². The highest BCUT2D eigenvalue weighted by Crippen LogP contribution is 1.95. The summed E-state index contributed by atoms with van der Waals surface area (Å²) in [5.41, 5.74) is 0. The second-order valence-electron chi connectivity index (χ2n) is 3.15. The lowest BCUT2D eigenvalue weighted by Gasteiger charge is -2.20. The van der Waals surface area contributed by atoms with Crippen LogP contribution >= 0.6 is 0 Å². The fourth-order valence-electron chi connectivity index (χ4n) is 1.17. The molecule has 13 heavy (non-hydrogen) atoms. The maximum atomic E-state index is 11.3. The fourth-order valence-corrected chi connectivity index (χ4v) is 1.17. The molecule has 4 nitrogen and oxygen atoms in total. The lowest BCUT2D eigenvalue weighted by molar-refractivity contribution is -0.146. The summed E-state index contributed by atoms with van der Waals surface area (Å²) in [7, 11) is 0. The number of carbonyl (C=O) groups excluding carboxylic acids is 1. The van der Waals surface area contributed by atoms with Gasteiger partial charge in [-0.05, 0) is 6.42 Å². The van der Waals surface area contributed by atoms with Gasteiger partial charge in [-0.3, -0.25) is 4.79 Å². The van der Waals surface area contributed by atoms with Gasteiger partial charge in [-0.1, -0.05) is 13.3 Å². The topological polar surface area (TPSA) is 52.4 Å². The van der Waals surface area contributed by atoms with Gasteiger partial charge < -0.3 is 10.1 Å². The molecule has 0 aromatic carbocycles. The third-order valence-electron chi connectivity index (χ3n) is 1.99. The zero-order valence-corrected chi connectivity index (χ0v) is 8.08. The number of esters is 1. The van der Waals surface area contributed by atoms with Crippen LogP contribution in [0, 0.1) is 0 Å². The Morgan fingerprint density at radius 2 is 2.54 bits per heavy atom. The smallest absolute Gasteiger partial charge is 0.326 e. The van der Waals surface area contributed by atoms with Gasteiger partial charge in [0.05, 0.1) is 6.61 Å². The second-order valence-corrected chi connectivity index (χ2v) is 3.15. The molecule has 0 aromatic heterocycles. The van der Waals surface area contributed by atoms with Gasteiger partial charge in [0.1, 0.15) is 6.04 Å². The zero-order valence-electron chi connectivity index (χ0n) is 8.08. The number of ether oxygens (including phenoxy) is 1. The third-order valence-corrected chi connectivity index (χ3v) is 1.99. The molecule has 1 N–H and O–H groups in total. The molecule has 1 unspecified atom stereocenters. The summed E-state index contributed by atoms with van der Waals surface area (Å²) in [6.45, 7) is 4.82. The minimum Gasteiger partial charge on any atom is -0.464 e. The summed E-state index contributed by atoms with van der Waals surface area (Å²) >= 11 is 0. The minimum atomic E-state index is -0.273. The van der Waals surface area contributed by atoms with Gasteiger partial charge >= 0.3 is 5.97 Å². The van der Waals surface area contributed by atoms with Crippen molar-refractivity contribution in [1.82, 2.24) is 10.6 Å². The van der Waals surface area contributed by atoms with E-state index < -0.39 is 0 Å². The molecule has 1 rings (SSSR count). The molecule has 75 valence electrons. The predicted molar refractivity (Wildman–Crippen MR) is 49.5 cm³/mol. The number of carbonyl (C=O) groups is 1. The molecule has 1 atom stereocenters. The van der Waals surface area contributed by atoms with Crippen LogP contribution in [0.1, 0.15) is 19.8 Å². The number of unbranched alkanes of at least 4 members (excludes halogenated alkanes) is 1. The highest BCUT2D eigenvalue weighted by Gasteiger charge is 2.22. The molecule has 0 bridgehead atoms. The Balaban J connectivity index is 2.13. The van der Waals surface area contributed by atoms with E-state index in [1.165, 1.54) is 0 Å². The maximum Gasteiger partial charge on any atom is 0.326 e. The molecule has 1 aliphatic heterocycles. The van der Waals surface area contributed by atoms with Crippen LogP contribution in [0.3, 0.4) is 0 Å². The van der Waals surface area contributed by atoms with E-state index in [0.29, 0.717) is 19.7 Å². The molecule has 1 aliphatic rings. The molecule has 0 aromatic rings. The summed E-state index contributed by atoms with van der Waals surface area (Å²) in [6, 6.07) is -0.273. The van der Waals surface area contributed by atoms with Gasteiger partial charge in [0.2, 0.25) is 0 Å². The van der Waals surface area contributed by atoms with Crippen molar-refractivity contribution in [3.8, 4) is 0 Å². The Morgan fingerprint density at radius 3 is 3.15 bits per heavy atom. The Hall–Kier alpha value is -0.610. The first-order chi connectivity index (χ1) is 6.34. The van der Waals surface area contributed by atoms with Gasteiger partial charge in [-0.2, -0.15) is 0 Å². The number of piperazine rings is 1. The van der Waals surface area contributed by atoms with E-state index in [1.54, 1.807) is 0 Å². The largest absolute Gasteiger partial charge is 0.464 e. The van der Waals surface area contributed by atoms with Gasteiger partial charge in [-0.25, -0.2) is 5.32 Å². The summed E-state index contributed by atoms with van der Waals surface area (Å²) < 4.78 is 5.05. The Bertz CT molecular complexity index is 156. The highest BCUT2D eigenvalue weighted by molar-refractivity contribution is 5.76. The highest BCUT2D eigenvalue weighted by atomic mass is 16.5. The van der Waals surface area contributed by atoms with E-state index >= 15 is 0 Å². The van der Waals surface area contributed by atoms with E-state index in [0.717, 1.165) is 19.4 Å². The Morgan fingerprint density at radius 1 is 1.69 bits per heavy atom. The average molecular weight is 185 g/mol. The Kier molecular flexibility index (Phi) is 4.78. The quantitative estimate of drug-likeness (QED) is 0.492. The van der Waals surface area contributed by atoms with Crippen LogP contribution in [-0.2, 0) is 9.53 Å². The van der Waals surface area contributed by atoms with Crippen molar-refractivity contribution >= 4 is 5.97 Å². The summed E-state index contributed by atoms with van der Waals surface area (Å²) in [5.74, 6) is -0.180. The molecule has 0 spiro atoms. The van der Waals surface area contributed by atoms with Crippen molar-refractivity contribution in [2.24, 2.45) is 0 Å². The van der Waals surface area contributed by atoms with E-state index in [9.17, 15) is 4.79 Å². The average Bonchev–Trinajstić information content (AvgIpc) is 2.19. The van der Waals surface area contributed by atoms with Crippen LogP contribution in [0.25, 0.3) is 0 Å². The molecule has 0 saturated carbocycles. The normalized spacial score (nSPS) is 22.7. The van der Waals surface area contributed by atoms with E-state index in [4.69, 9.17) is 4.74 Å². The van der Waals surface area contributed by atoms with Crippen molar-refractivity contribution in [2.75, 3.05) is 26.2 Å². The predicted octanol–water partition coefficient (Wildman–Crippen LogP) is -0.0941. The standard InChI is InChI=1S/C9H17N2O2/c1-2-3-6-13-9(12)8-7-10-4-5-11-8/h8,10H,2-7H2,1H3. The number of nitrogens with zero attached hydrogens (tertiary/aromatic N) is 1. The maximum absolute atomic E-state index is 11.3. The molecule has 4 heteroatoms. The van der Waals surface area contributed by atoms with Gasteiger partial charge in [0, 0.05) is 19.6 Å². The number of hydrogen-bond acceptors (Lipinski definition) is 3. The summed E-state index contributed by atoms with van der Waals surface area (Å²) in [5, 5.41) is 7.28. The molecule has 1 radical (unpaired) electrons. The third kappa shape index (κ3) is 3.74. The summed E-state index contributed by atoms with van der Waals surface area (Å²) in [6.07, 6.45) is 1.99. The van der Waals surface area contributed by atoms with E-state index in [2.05, 4.69) is 17.6 Å². The molecule has 0 aliphatic carbocycles. The van der Waals surface area contributed by atoms with E-state index in [1.807, 2.05) is 0 Å². The Labute approximate surface area is 79.0 Å². The van der Waals surface area contributed by atoms with Crippen LogP contribution in [0.2, 0.25) is 0 Å². The first-order valence-electron chi connectivity index (χ1n) is 4.88. The molecular formula is C9H17N2O2. The number of rotatable bonds is 4. The van der Waals surface area contributed by atoms with Gasteiger partial charge in [0.25, 0.3) is 0 Å². The van der Waals surface area contributed by atoms with Crippen LogP contribution in [-0.4, -0.2) is 38.3 Å². The first kappa shape index (κ1) is 10.5. The number of nitrogens with one attached hydrogen (secondary N) is 1. The van der Waals surface area contributed by atoms with E-state index in [-0.39, 0.29) is 12.0 Å². The molecule has 1 heterocycles. The minimum absolute atomic E-state index is 0.180. The first-order valence-corrected chi connectivity index (χ1v) is 4.88. The lowest BCUT2D eigenvalue weighted by Crippen LogP contribution is -2.49. The number of hydrogen-bond donors (Lipinski definition) is 1. The summed E-state index contributed by atoms with van der Waals surface area (Å²) in [4.78, 5) is 11.3. The van der Waals surface area contributed by atoms with Crippen molar-refractivity contribution in [3.63, 3.8) is 0 Å². The fraction of sp³-hybridized carbons (Fsp3) is 0.889. The van der Waals surface area contributed by atoms with Gasteiger partial charge in [-0.15, -0.1) is 0 Å². The SMILES string of the molecule is CCCCOC(=O)C1CNCC[N]1. The van der Waals surface area contributed by atoms with Crippen molar-refractivity contribution in [1.29, 1.82) is 0 Å². The van der Waals surface area contributed by atoms with Gasteiger partial charge in [0.15, 0.2) is 0 Å².